The Morgan fingerprint density at radius 1 is 1.27 bits per heavy atom. The minimum atomic E-state index is -0.192. The fourth-order valence-electron chi connectivity index (χ4n) is 2.38. The Morgan fingerprint density at radius 3 is 2.73 bits per heavy atom. The van der Waals surface area contributed by atoms with Gasteiger partial charge in [-0.1, -0.05) is 31.0 Å². The third-order valence-electron chi connectivity index (χ3n) is 3.48. The van der Waals surface area contributed by atoms with E-state index in [1.165, 1.54) is 5.56 Å². The summed E-state index contributed by atoms with van der Waals surface area (Å²) in [7, 11) is 0. The SMILES string of the molecule is CCCc1cc(Cl)ccc1CNC(=O)NCCC1OC(C)O1. The second kappa shape index (κ2) is 8.36. The van der Waals surface area contributed by atoms with Crippen LogP contribution >= 0.6 is 11.6 Å². The molecule has 2 N–H and O–H groups in total. The first kappa shape index (κ1) is 17.1. The van der Waals surface area contributed by atoms with Crippen LogP contribution < -0.4 is 10.6 Å². The molecule has 1 aromatic rings. The van der Waals surface area contributed by atoms with Gasteiger partial charge in [0.2, 0.25) is 0 Å². The largest absolute Gasteiger partial charge is 0.338 e. The molecule has 0 unspecified atom stereocenters. The number of carbonyl (C=O) groups excluding carboxylic acids is 1. The summed E-state index contributed by atoms with van der Waals surface area (Å²) in [6.45, 7) is 4.98. The Balaban J connectivity index is 1.71. The van der Waals surface area contributed by atoms with Crippen molar-refractivity contribution < 1.29 is 14.3 Å². The van der Waals surface area contributed by atoms with E-state index in [1.54, 1.807) is 0 Å². The van der Waals surface area contributed by atoms with Crippen molar-refractivity contribution in [3.8, 4) is 0 Å². The molecule has 1 heterocycles. The molecule has 1 aliphatic rings. The molecule has 1 saturated heterocycles. The summed E-state index contributed by atoms with van der Waals surface area (Å²) in [5.41, 5.74) is 2.28. The van der Waals surface area contributed by atoms with E-state index in [2.05, 4.69) is 17.6 Å². The van der Waals surface area contributed by atoms with Crippen molar-refractivity contribution in [3.63, 3.8) is 0 Å². The average Bonchev–Trinajstić information content (AvgIpc) is 2.45. The molecule has 6 heteroatoms. The molecule has 2 amide bonds. The summed E-state index contributed by atoms with van der Waals surface area (Å²) >= 11 is 6.02. The van der Waals surface area contributed by atoms with Crippen molar-refractivity contribution in [2.24, 2.45) is 0 Å². The van der Waals surface area contributed by atoms with Gasteiger partial charge in [0.1, 0.15) is 0 Å². The summed E-state index contributed by atoms with van der Waals surface area (Å²) in [4.78, 5) is 11.8. The number of carbonyl (C=O) groups is 1. The molecule has 0 saturated carbocycles. The number of nitrogens with one attached hydrogen (secondary N) is 2. The van der Waals surface area contributed by atoms with Gasteiger partial charge >= 0.3 is 6.03 Å². The average molecular weight is 327 g/mol. The smallest absolute Gasteiger partial charge is 0.315 e. The lowest BCUT2D eigenvalue weighted by atomic mass is 10.0. The van der Waals surface area contributed by atoms with E-state index >= 15 is 0 Å². The van der Waals surface area contributed by atoms with Crippen molar-refractivity contribution in [2.45, 2.75) is 52.2 Å². The number of ether oxygens (including phenoxy) is 2. The molecule has 122 valence electrons. The molecule has 2 rings (SSSR count). The van der Waals surface area contributed by atoms with Crippen LogP contribution in [0.1, 0.15) is 37.8 Å². The Labute approximate surface area is 136 Å². The maximum atomic E-state index is 11.8. The summed E-state index contributed by atoms with van der Waals surface area (Å²) in [6.07, 6.45) is 2.33. The highest BCUT2D eigenvalue weighted by Crippen LogP contribution is 2.18. The number of hydrogen-bond donors (Lipinski definition) is 2. The van der Waals surface area contributed by atoms with Crippen LogP contribution in [0.5, 0.6) is 0 Å². The number of halogens is 1. The van der Waals surface area contributed by atoms with Gasteiger partial charge in [-0.2, -0.15) is 0 Å². The Morgan fingerprint density at radius 2 is 2.05 bits per heavy atom. The lowest BCUT2D eigenvalue weighted by Crippen LogP contribution is -2.42. The van der Waals surface area contributed by atoms with E-state index in [1.807, 2.05) is 25.1 Å². The minimum absolute atomic E-state index is 0.124. The quantitative estimate of drug-likeness (QED) is 0.809. The number of benzene rings is 1. The zero-order valence-electron chi connectivity index (χ0n) is 13.0. The molecule has 22 heavy (non-hydrogen) atoms. The van der Waals surface area contributed by atoms with Crippen molar-refractivity contribution >= 4 is 17.6 Å². The molecule has 1 fully saturated rings. The predicted octanol–water partition coefficient (Wildman–Crippen LogP) is 3.20. The van der Waals surface area contributed by atoms with E-state index in [0.29, 0.717) is 19.5 Å². The Bertz CT molecular complexity index is 504. The highest BCUT2D eigenvalue weighted by Gasteiger charge is 2.26. The van der Waals surface area contributed by atoms with Crippen LogP contribution in [0.25, 0.3) is 0 Å². The van der Waals surface area contributed by atoms with E-state index in [-0.39, 0.29) is 18.6 Å². The molecule has 0 aliphatic carbocycles. The van der Waals surface area contributed by atoms with Gasteiger partial charge < -0.3 is 20.1 Å². The zero-order chi connectivity index (χ0) is 15.9. The number of amides is 2. The van der Waals surface area contributed by atoms with Crippen molar-refractivity contribution in [1.82, 2.24) is 10.6 Å². The Kier molecular flexibility index (Phi) is 6.49. The van der Waals surface area contributed by atoms with E-state index in [4.69, 9.17) is 21.1 Å². The Hall–Kier alpha value is -1.30. The summed E-state index contributed by atoms with van der Waals surface area (Å²) in [6, 6.07) is 5.59. The van der Waals surface area contributed by atoms with Gasteiger partial charge in [-0.25, -0.2) is 4.79 Å². The first-order chi connectivity index (χ1) is 10.6. The molecule has 1 aliphatic heterocycles. The van der Waals surface area contributed by atoms with Gasteiger partial charge in [-0.3, -0.25) is 0 Å². The molecule has 5 nitrogen and oxygen atoms in total. The molecule has 0 spiro atoms. The van der Waals surface area contributed by atoms with Crippen LogP contribution in [0.4, 0.5) is 4.79 Å². The molecule has 0 atom stereocenters. The van der Waals surface area contributed by atoms with Gasteiger partial charge in [-0.15, -0.1) is 0 Å². The highest BCUT2D eigenvalue weighted by molar-refractivity contribution is 6.30. The summed E-state index contributed by atoms with van der Waals surface area (Å²) in [5, 5.41) is 6.38. The van der Waals surface area contributed by atoms with E-state index in [0.717, 1.165) is 23.4 Å². The van der Waals surface area contributed by atoms with Gasteiger partial charge in [0.05, 0.1) is 0 Å². The number of hydrogen-bond acceptors (Lipinski definition) is 3. The van der Waals surface area contributed by atoms with Gasteiger partial charge in [0.25, 0.3) is 0 Å². The van der Waals surface area contributed by atoms with Crippen LogP contribution in [0.15, 0.2) is 18.2 Å². The first-order valence-corrected chi connectivity index (χ1v) is 8.06. The second-order valence-electron chi connectivity index (χ2n) is 5.33. The third kappa shape index (κ3) is 5.16. The summed E-state index contributed by atoms with van der Waals surface area (Å²) in [5.74, 6) is 0. The van der Waals surface area contributed by atoms with E-state index < -0.39 is 0 Å². The fourth-order valence-corrected chi connectivity index (χ4v) is 2.58. The predicted molar refractivity (Wildman–Crippen MR) is 85.7 cm³/mol. The van der Waals surface area contributed by atoms with Crippen molar-refractivity contribution in [3.05, 3.63) is 34.3 Å². The van der Waals surface area contributed by atoms with Crippen molar-refractivity contribution in [1.29, 1.82) is 0 Å². The monoisotopic (exact) mass is 326 g/mol. The molecular formula is C16H23ClN2O3. The third-order valence-corrected chi connectivity index (χ3v) is 3.71. The standard InChI is InChI=1S/C16H23ClN2O3/c1-3-4-12-9-14(17)6-5-13(12)10-19-16(20)18-8-7-15-21-11(2)22-15/h5-6,9,11,15H,3-4,7-8,10H2,1-2H3,(H2,18,19,20). The zero-order valence-corrected chi connectivity index (χ0v) is 13.8. The minimum Gasteiger partial charge on any atom is -0.338 e. The van der Waals surface area contributed by atoms with Crippen LogP contribution in [-0.2, 0) is 22.4 Å². The number of rotatable bonds is 7. The molecule has 0 aromatic heterocycles. The van der Waals surface area contributed by atoms with Crippen LogP contribution in [0.2, 0.25) is 5.02 Å². The lowest BCUT2D eigenvalue weighted by molar-refractivity contribution is -0.376. The van der Waals surface area contributed by atoms with E-state index in [9.17, 15) is 4.79 Å². The first-order valence-electron chi connectivity index (χ1n) is 7.68. The van der Waals surface area contributed by atoms with Crippen LogP contribution in [0, 0.1) is 0 Å². The lowest BCUT2D eigenvalue weighted by Gasteiger charge is -2.33. The highest BCUT2D eigenvalue weighted by atomic mass is 35.5. The molecular weight excluding hydrogens is 304 g/mol. The van der Waals surface area contributed by atoms with Gasteiger partial charge in [0.15, 0.2) is 12.6 Å². The number of urea groups is 1. The fraction of sp³-hybridized carbons (Fsp3) is 0.562. The van der Waals surface area contributed by atoms with Gasteiger partial charge in [0, 0.05) is 24.5 Å². The molecule has 1 aromatic carbocycles. The number of aryl methyl sites for hydroxylation is 1. The summed E-state index contributed by atoms with van der Waals surface area (Å²) < 4.78 is 10.6. The normalized spacial score (nSPS) is 20.3. The second-order valence-corrected chi connectivity index (χ2v) is 5.77. The van der Waals surface area contributed by atoms with Crippen LogP contribution in [-0.4, -0.2) is 25.2 Å². The van der Waals surface area contributed by atoms with Crippen molar-refractivity contribution in [2.75, 3.05) is 6.54 Å². The maximum Gasteiger partial charge on any atom is 0.315 e. The van der Waals surface area contributed by atoms with Crippen LogP contribution in [0.3, 0.4) is 0 Å². The van der Waals surface area contributed by atoms with Gasteiger partial charge in [-0.05, 0) is 36.6 Å². The topological polar surface area (TPSA) is 59.6 Å². The molecule has 0 bridgehead atoms. The maximum absolute atomic E-state index is 11.8. The molecule has 0 radical (unpaired) electrons.